The Kier molecular flexibility index (Phi) is 17.6. The van der Waals surface area contributed by atoms with Crippen LogP contribution in [-0.4, -0.2) is 128 Å². The van der Waals surface area contributed by atoms with E-state index in [1.54, 1.807) is 14.4 Å². The van der Waals surface area contributed by atoms with Crippen LogP contribution < -0.4 is 60.2 Å². The van der Waals surface area contributed by atoms with Gasteiger partial charge in [0.15, 0.2) is 22.9 Å². The van der Waals surface area contributed by atoms with Crippen LogP contribution in [0.4, 0.5) is 17.6 Å². The smallest absolute Gasteiger partial charge is 1.00 e. The molecule has 72 heavy (non-hydrogen) atoms. The van der Waals surface area contributed by atoms with Gasteiger partial charge in [-0.25, -0.2) is 17.6 Å². The molecule has 6 aliphatic heterocycles. The van der Waals surface area contributed by atoms with Gasteiger partial charge in [0, 0.05) is 62.9 Å². The van der Waals surface area contributed by atoms with E-state index in [0.717, 1.165) is 24.3 Å². The maximum atomic E-state index is 14.3. The number of carbonyl (C=O) groups excluding carboxylic acids is 4. The van der Waals surface area contributed by atoms with E-state index < -0.39 is 90.3 Å². The minimum absolute atomic E-state index is 0. The number of amides is 4. The van der Waals surface area contributed by atoms with Crippen LogP contribution >= 0.6 is 23.2 Å². The third-order valence-electron chi connectivity index (χ3n) is 13.8. The molecular formula is C47H42Br2Cl2F4MgN6O10. The predicted octanol–water partition coefficient (Wildman–Crippen LogP) is -1.01. The van der Waals surface area contributed by atoms with Gasteiger partial charge in [-0.05, 0) is 37.8 Å². The van der Waals surface area contributed by atoms with Gasteiger partial charge in [-0.3, -0.25) is 28.8 Å². The predicted molar refractivity (Wildman–Crippen MR) is 244 cm³/mol. The minimum atomic E-state index is -1.02. The molecule has 0 unspecified atom stereocenters. The van der Waals surface area contributed by atoms with Gasteiger partial charge < -0.3 is 82.8 Å². The summed E-state index contributed by atoms with van der Waals surface area (Å²) in [6, 6.07) is 3.46. The van der Waals surface area contributed by atoms with Crippen molar-refractivity contribution >= 4 is 69.9 Å². The molecule has 4 atom stereocenters. The number of methoxy groups -OCH3 is 1. The number of rotatable bonds is 7. The number of nitrogens with zero attached hydrogens (tertiary/aromatic N) is 4. The molecule has 10 rings (SSSR count). The van der Waals surface area contributed by atoms with Gasteiger partial charge in [0.2, 0.25) is 10.9 Å². The average Bonchev–Trinajstić information content (AvgIpc) is 3.35. The number of ether oxygens (including phenoxy) is 3. The fourth-order valence-corrected chi connectivity index (χ4v) is 10.6. The van der Waals surface area contributed by atoms with Gasteiger partial charge in [0.25, 0.3) is 23.6 Å². The van der Waals surface area contributed by atoms with Crippen LogP contribution in [0.3, 0.4) is 0 Å². The Labute approximate surface area is 454 Å². The van der Waals surface area contributed by atoms with Gasteiger partial charge in [-0.2, -0.15) is 0 Å². The summed E-state index contributed by atoms with van der Waals surface area (Å²) in [5, 5.41) is 14.2. The fourth-order valence-electron chi connectivity index (χ4n) is 10.3. The van der Waals surface area contributed by atoms with Crippen LogP contribution in [0, 0.1) is 23.3 Å². The molecule has 0 saturated carbocycles. The van der Waals surface area contributed by atoms with Crippen LogP contribution in [0.25, 0.3) is 0 Å². The first-order chi connectivity index (χ1) is 33.1. The Morgan fingerprint density at radius 2 is 1.14 bits per heavy atom. The SMILES string of the molecule is COc1c2n(cc(C(=O)NCc3ccc(F)c(Cl)c3F)c1=O)[C@H]1COCC[C@]13CC=CCN3C2=O.O=C(NCc1ccc(F)c(Cl)c1F)c1cn2c(c(O)c1=O)C(=O)N1CC=CC[C@]13CCOC[C@H]23.[Br-].[Br-].[Mg+2]. The van der Waals surface area contributed by atoms with Crippen molar-refractivity contribution < 1.29 is 90.0 Å². The molecule has 0 aliphatic carbocycles. The van der Waals surface area contributed by atoms with Crippen molar-refractivity contribution in [1.29, 1.82) is 0 Å². The maximum Gasteiger partial charge on any atom is 2.00 e. The van der Waals surface area contributed by atoms with Gasteiger partial charge in [0.05, 0.1) is 43.5 Å². The van der Waals surface area contributed by atoms with Crippen molar-refractivity contribution in [2.75, 3.05) is 46.6 Å². The zero-order valence-electron chi connectivity index (χ0n) is 38.1. The summed E-state index contributed by atoms with van der Waals surface area (Å²) in [5.74, 6) is -7.48. The third-order valence-corrected chi connectivity index (χ3v) is 14.5. The van der Waals surface area contributed by atoms with Gasteiger partial charge in [0.1, 0.15) is 44.4 Å². The molecule has 378 valence electrons. The largest absolute Gasteiger partial charge is 2.00 e. The van der Waals surface area contributed by atoms with E-state index in [2.05, 4.69) is 10.6 Å². The molecule has 6 aliphatic rings. The van der Waals surface area contributed by atoms with Gasteiger partial charge in [-0.1, -0.05) is 59.6 Å². The summed E-state index contributed by atoms with van der Waals surface area (Å²) >= 11 is 11.2. The van der Waals surface area contributed by atoms with Crippen molar-refractivity contribution in [3.63, 3.8) is 0 Å². The van der Waals surface area contributed by atoms with Crippen molar-refractivity contribution in [3.05, 3.63) is 148 Å². The standard InChI is InChI=1S/C24H22ClF2N3O5.C23H20ClF2N3O5.2BrH.Mg/c1-34-21-19-23(33)30-8-3-2-6-24(30)7-9-35-12-16(24)29(19)11-14(20(21)31)22(32)28-10-13-4-5-15(26)17(25)18(13)27;24-16-14(25)4-3-12(17(16)26)9-27-21(32)13-10-28-15-11-34-8-6-23(15)5-1-2-7-29(23)22(33)18(28)20(31)19(13)30;;;/h2-5,11,16H,6-10,12H2,1H3,(H,28,32);1-4,10,15,31H,5-9,11H2,(H,27,32);2*1H;/q;;;;+2/p-2/t16-,24+;15-,23+;;;/m00.../s1. The van der Waals surface area contributed by atoms with E-state index in [-0.39, 0.29) is 129 Å². The number of halogens is 8. The van der Waals surface area contributed by atoms with E-state index in [1.165, 1.54) is 24.1 Å². The summed E-state index contributed by atoms with van der Waals surface area (Å²) in [5.41, 5.74) is -3.87. The molecule has 3 N–H and O–H groups in total. The summed E-state index contributed by atoms with van der Waals surface area (Å²) in [7, 11) is 1.26. The number of aromatic hydroxyl groups is 1. The van der Waals surface area contributed by atoms with Crippen LogP contribution in [0.2, 0.25) is 10.0 Å². The second-order valence-corrected chi connectivity index (χ2v) is 18.0. The summed E-state index contributed by atoms with van der Waals surface area (Å²) in [6.07, 6.45) is 12.8. The number of pyridine rings is 2. The Balaban J connectivity index is 0.000000226. The molecule has 2 fully saturated rings. The third kappa shape index (κ3) is 9.40. The second kappa shape index (κ2) is 22.4. The molecule has 2 aromatic carbocycles. The normalized spacial score (nSPS) is 22.0. The van der Waals surface area contributed by atoms with E-state index >= 15 is 0 Å². The Bertz CT molecular complexity index is 3060. The molecule has 4 amide bonds. The maximum absolute atomic E-state index is 14.3. The number of carbonyl (C=O) groups is 4. The molecule has 2 spiro atoms. The fraction of sp³-hybridized carbons (Fsp3) is 0.362. The molecule has 0 bridgehead atoms. The van der Waals surface area contributed by atoms with E-state index in [9.17, 15) is 51.4 Å². The van der Waals surface area contributed by atoms with Crippen molar-refractivity contribution in [3.8, 4) is 11.5 Å². The Morgan fingerprint density at radius 3 is 1.60 bits per heavy atom. The zero-order chi connectivity index (χ0) is 49.1. The number of hydrogen-bond donors (Lipinski definition) is 3. The molecule has 8 heterocycles. The quantitative estimate of drug-likeness (QED) is 0.0896. The van der Waals surface area contributed by atoms with E-state index in [1.807, 2.05) is 24.3 Å². The number of nitrogens with one attached hydrogen (secondary N) is 2. The van der Waals surface area contributed by atoms with Crippen molar-refractivity contribution in [1.82, 2.24) is 29.6 Å². The first-order valence-electron chi connectivity index (χ1n) is 21.8. The number of benzene rings is 2. The first kappa shape index (κ1) is 56.5. The molecule has 16 nitrogen and oxygen atoms in total. The number of hydrogen-bond acceptors (Lipinski definition) is 10. The molecule has 2 saturated heterocycles. The van der Waals surface area contributed by atoms with Crippen LogP contribution in [-0.2, 0) is 22.6 Å². The topological polar surface area (TPSA) is 191 Å². The van der Waals surface area contributed by atoms with Crippen LogP contribution in [0.5, 0.6) is 11.5 Å². The summed E-state index contributed by atoms with van der Waals surface area (Å²) in [6.45, 7) is 1.50. The summed E-state index contributed by atoms with van der Waals surface area (Å²) in [4.78, 5) is 82.2. The Morgan fingerprint density at radius 1 is 0.708 bits per heavy atom. The van der Waals surface area contributed by atoms with E-state index in [0.29, 0.717) is 52.0 Å². The van der Waals surface area contributed by atoms with Crippen molar-refractivity contribution in [2.45, 2.75) is 61.9 Å². The summed E-state index contributed by atoms with van der Waals surface area (Å²) < 4.78 is 75.1. The second-order valence-electron chi connectivity index (χ2n) is 17.2. The Hall–Kier alpha value is -4.75. The first-order valence-corrected chi connectivity index (χ1v) is 22.5. The average molecular weight is 1180 g/mol. The molecule has 4 aromatic rings. The van der Waals surface area contributed by atoms with Crippen LogP contribution in [0.15, 0.2) is 70.6 Å². The number of aromatic nitrogens is 2. The number of fused-ring (bicyclic) bond motifs is 4. The van der Waals surface area contributed by atoms with Crippen LogP contribution in [0.1, 0.15) is 90.6 Å². The van der Waals surface area contributed by atoms with Gasteiger partial charge >= 0.3 is 23.1 Å². The monoisotopic (exact) mass is 1180 g/mol. The minimum Gasteiger partial charge on any atom is -1.00 e. The molecule has 25 heteroatoms. The zero-order valence-corrected chi connectivity index (χ0v) is 44.2. The molecule has 2 aromatic heterocycles. The molecular weight excluding hydrogens is 1140 g/mol. The molecule has 0 radical (unpaired) electrons. The van der Waals surface area contributed by atoms with E-state index in [4.69, 9.17) is 37.4 Å². The van der Waals surface area contributed by atoms with Crippen molar-refractivity contribution in [2.24, 2.45) is 0 Å². The van der Waals surface area contributed by atoms with Gasteiger partial charge in [-0.15, -0.1) is 0 Å².